The third-order valence-electron chi connectivity index (χ3n) is 6.98. The minimum Gasteiger partial charge on any atom is -0.353 e. The van der Waals surface area contributed by atoms with Gasteiger partial charge >= 0.3 is 0 Å². The smallest absolute Gasteiger partial charge is 0.231 e. The third-order valence-corrected chi connectivity index (χ3v) is 9.26. The molecular formula is C24H29N5O4S. The Kier molecular flexibility index (Phi) is 6.24. The zero-order chi connectivity index (χ0) is 23.7. The highest BCUT2D eigenvalue weighted by Gasteiger charge is 2.35. The van der Waals surface area contributed by atoms with Crippen LogP contribution in [0.25, 0.3) is 0 Å². The van der Waals surface area contributed by atoms with Gasteiger partial charge in [-0.2, -0.15) is 5.10 Å². The number of sulfone groups is 1. The summed E-state index contributed by atoms with van der Waals surface area (Å²) < 4.78 is 26.2. The number of piperidine rings is 1. The van der Waals surface area contributed by atoms with Crippen LogP contribution in [0.5, 0.6) is 0 Å². The van der Waals surface area contributed by atoms with Crippen LogP contribution in [0, 0.1) is 11.8 Å². The SMILES string of the molecule is O=C(Nc1ccc(S(=O)(=O)C2CCN(C(=O)CC3CC3)CC2)cc1)C1CN(c2cccnn2)C1. The molecule has 10 heteroatoms. The van der Waals surface area contributed by atoms with E-state index in [9.17, 15) is 18.0 Å². The number of benzene rings is 1. The van der Waals surface area contributed by atoms with Crippen molar-refractivity contribution >= 4 is 33.2 Å². The summed E-state index contributed by atoms with van der Waals surface area (Å²) in [6, 6.07) is 10.1. The number of hydrogen-bond donors (Lipinski definition) is 1. The second-order valence-electron chi connectivity index (χ2n) is 9.47. The molecule has 3 heterocycles. The molecule has 0 spiro atoms. The van der Waals surface area contributed by atoms with Crippen LogP contribution in [-0.2, 0) is 19.4 Å². The van der Waals surface area contributed by atoms with Crippen LogP contribution in [-0.4, -0.2) is 66.8 Å². The molecule has 3 fully saturated rings. The lowest BCUT2D eigenvalue weighted by molar-refractivity contribution is -0.132. The van der Waals surface area contributed by atoms with Gasteiger partial charge in [0.1, 0.15) is 0 Å². The molecule has 1 saturated carbocycles. The Labute approximate surface area is 199 Å². The lowest BCUT2D eigenvalue weighted by atomic mass is 9.99. The Morgan fingerprint density at radius 1 is 1.00 bits per heavy atom. The monoisotopic (exact) mass is 483 g/mol. The number of likely N-dealkylation sites (tertiary alicyclic amines) is 1. The van der Waals surface area contributed by atoms with Gasteiger partial charge in [-0.15, -0.1) is 5.10 Å². The Bertz CT molecular complexity index is 1140. The molecule has 3 aliphatic rings. The fraction of sp³-hybridized carbons (Fsp3) is 0.500. The van der Waals surface area contributed by atoms with Crippen molar-refractivity contribution in [3.63, 3.8) is 0 Å². The summed E-state index contributed by atoms with van der Waals surface area (Å²) in [5, 5.41) is 10.3. The Hall–Kier alpha value is -3.01. The van der Waals surface area contributed by atoms with Crippen LogP contribution in [0.2, 0.25) is 0 Å². The van der Waals surface area contributed by atoms with E-state index in [0.29, 0.717) is 57.0 Å². The summed E-state index contributed by atoms with van der Waals surface area (Å²) >= 11 is 0. The molecule has 0 bridgehead atoms. The van der Waals surface area contributed by atoms with Gasteiger partial charge < -0.3 is 15.1 Å². The molecule has 9 nitrogen and oxygen atoms in total. The summed E-state index contributed by atoms with van der Waals surface area (Å²) in [4.78, 5) is 28.9. The standard InChI is InChI=1S/C24H29N5O4S/c30-23(14-17-3-4-17)28-12-9-21(10-13-28)34(32,33)20-7-5-19(6-8-20)26-24(31)18-15-29(16-18)22-2-1-11-25-27-22/h1-2,5-8,11,17-18,21H,3-4,9-10,12-16H2,(H,26,31). The number of amides is 2. The molecule has 2 saturated heterocycles. The highest BCUT2D eigenvalue weighted by Crippen LogP contribution is 2.34. The zero-order valence-corrected chi connectivity index (χ0v) is 19.8. The van der Waals surface area contributed by atoms with Crippen LogP contribution in [0.15, 0.2) is 47.5 Å². The third kappa shape index (κ3) is 4.91. The second-order valence-corrected chi connectivity index (χ2v) is 11.7. The van der Waals surface area contributed by atoms with Crippen LogP contribution in [0.1, 0.15) is 32.1 Å². The van der Waals surface area contributed by atoms with Crippen molar-refractivity contribution in [2.75, 3.05) is 36.4 Å². The minimum atomic E-state index is -3.49. The number of rotatable bonds is 7. The number of carbonyl (C=O) groups is 2. The van der Waals surface area contributed by atoms with E-state index in [1.807, 2.05) is 21.9 Å². The van der Waals surface area contributed by atoms with Crippen LogP contribution >= 0.6 is 0 Å². The molecule has 2 amide bonds. The molecule has 34 heavy (non-hydrogen) atoms. The molecule has 2 aliphatic heterocycles. The molecule has 180 valence electrons. The summed E-state index contributed by atoms with van der Waals surface area (Å²) in [5.41, 5.74) is 0.572. The topological polar surface area (TPSA) is 113 Å². The predicted molar refractivity (Wildman–Crippen MR) is 127 cm³/mol. The van der Waals surface area contributed by atoms with Crippen molar-refractivity contribution in [2.45, 2.75) is 42.2 Å². The average Bonchev–Trinajstić information content (AvgIpc) is 3.63. The van der Waals surface area contributed by atoms with Crippen molar-refractivity contribution in [3.8, 4) is 0 Å². The van der Waals surface area contributed by atoms with E-state index in [1.54, 1.807) is 30.5 Å². The van der Waals surface area contributed by atoms with Gasteiger partial charge in [0.2, 0.25) is 11.8 Å². The molecule has 1 N–H and O–H groups in total. The molecule has 1 aliphatic carbocycles. The van der Waals surface area contributed by atoms with Crippen molar-refractivity contribution in [1.29, 1.82) is 0 Å². The molecule has 5 rings (SSSR count). The maximum absolute atomic E-state index is 13.1. The summed E-state index contributed by atoms with van der Waals surface area (Å²) in [7, 11) is -3.49. The number of hydrogen-bond acceptors (Lipinski definition) is 7. The summed E-state index contributed by atoms with van der Waals surface area (Å²) in [6.45, 7) is 2.13. The van der Waals surface area contributed by atoms with Crippen molar-refractivity contribution < 1.29 is 18.0 Å². The van der Waals surface area contributed by atoms with Gasteiger partial charge in [-0.3, -0.25) is 9.59 Å². The van der Waals surface area contributed by atoms with E-state index in [2.05, 4.69) is 15.5 Å². The number of anilines is 2. The van der Waals surface area contributed by atoms with Crippen molar-refractivity contribution in [2.24, 2.45) is 11.8 Å². The highest BCUT2D eigenvalue weighted by atomic mass is 32.2. The average molecular weight is 484 g/mol. The van der Waals surface area contributed by atoms with Gasteiger partial charge in [0.05, 0.1) is 16.1 Å². The Balaban J connectivity index is 1.12. The molecule has 1 aromatic carbocycles. The van der Waals surface area contributed by atoms with Crippen LogP contribution in [0.4, 0.5) is 11.5 Å². The number of carbonyl (C=O) groups excluding carboxylic acids is 2. The zero-order valence-electron chi connectivity index (χ0n) is 19.0. The fourth-order valence-electron chi connectivity index (χ4n) is 4.57. The van der Waals surface area contributed by atoms with Crippen molar-refractivity contribution in [3.05, 3.63) is 42.6 Å². The summed E-state index contributed by atoms with van der Waals surface area (Å²) in [5.74, 6) is 1.19. The first-order valence-corrected chi connectivity index (χ1v) is 13.4. The first-order valence-electron chi connectivity index (χ1n) is 11.9. The quantitative estimate of drug-likeness (QED) is 0.642. The van der Waals surface area contributed by atoms with E-state index in [0.717, 1.165) is 18.7 Å². The first-order chi connectivity index (χ1) is 16.4. The maximum Gasteiger partial charge on any atom is 0.231 e. The lowest BCUT2D eigenvalue weighted by Crippen LogP contribution is -2.52. The number of nitrogens with one attached hydrogen (secondary N) is 1. The molecule has 0 atom stereocenters. The molecule has 0 radical (unpaired) electrons. The second kappa shape index (κ2) is 9.32. The predicted octanol–water partition coefficient (Wildman–Crippen LogP) is 2.12. The van der Waals surface area contributed by atoms with Gasteiger partial charge in [0, 0.05) is 44.5 Å². The Morgan fingerprint density at radius 3 is 2.32 bits per heavy atom. The number of aromatic nitrogens is 2. The molecule has 2 aromatic rings. The summed E-state index contributed by atoms with van der Waals surface area (Å²) in [6.07, 6.45) is 5.40. The van der Waals surface area contributed by atoms with E-state index in [-0.39, 0.29) is 22.6 Å². The maximum atomic E-state index is 13.1. The number of nitrogens with zero attached hydrogens (tertiary/aromatic N) is 4. The molecule has 1 aromatic heterocycles. The minimum absolute atomic E-state index is 0.0982. The lowest BCUT2D eigenvalue weighted by Gasteiger charge is -2.38. The van der Waals surface area contributed by atoms with Crippen LogP contribution in [0.3, 0.4) is 0 Å². The van der Waals surface area contributed by atoms with Gasteiger partial charge in [0.15, 0.2) is 15.7 Å². The highest BCUT2D eigenvalue weighted by molar-refractivity contribution is 7.92. The molecule has 0 unspecified atom stereocenters. The largest absolute Gasteiger partial charge is 0.353 e. The van der Waals surface area contributed by atoms with E-state index >= 15 is 0 Å². The van der Waals surface area contributed by atoms with Crippen LogP contribution < -0.4 is 10.2 Å². The van der Waals surface area contributed by atoms with Crippen molar-refractivity contribution in [1.82, 2.24) is 15.1 Å². The van der Waals surface area contributed by atoms with E-state index in [1.165, 1.54) is 0 Å². The normalized spacial score (nSPS) is 19.5. The van der Waals surface area contributed by atoms with Gasteiger partial charge in [-0.05, 0) is 68.0 Å². The van der Waals surface area contributed by atoms with E-state index in [4.69, 9.17) is 0 Å². The van der Waals surface area contributed by atoms with Gasteiger partial charge in [0.25, 0.3) is 0 Å². The van der Waals surface area contributed by atoms with E-state index < -0.39 is 15.1 Å². The first kappa shape index (κ1) is 22.8. The fourth-order valence-corrected chi connectivity index (χ4v) is 6.30. The van der Waals surface area contributed by atoms with Gasteiger partial charge in [-0.25, -0.2) is 8.42 Å². The Morgan fingerprint density at radius 2 is 1.71 bits per heavy atom. The molecular weight excluding hydrogens is 454 g/mol. The van der Waals surface area contributed by atoms with Gasteiger partial charge in [-0.1, -0.05) is 0 Å².